The summed E-state index contributed by atoms with van der Waals surface area (Å²) in [5, 5.41) is 3.09. The van der Waals surface area contributed by atoms with Crippen molar-refractivity contribution in [2.24, 2.45) is 5.92 Å². The molecule has 0 spiro atoms. The minimum absolute atomic E-state index is 0.268. The minimum Gasteiger partial charge on any atom is -0.367 e. The Kier molecular flexibility index (Phi) is 3.72. The zero-order valence-corrected chi connectivity index (χ0v) is 9.62. The summed E-state index contributed by atoms with van der Waals surface area (Å²) in [5.41, 5.74) is 0. The molecule has 0 unspecified atom stereocenters. The van der Waals surface area contributed by atoms with E-state index in [0.717, 1.165) is 19.6 Å². The average Bonchev–Trinajstić information content (AvgIpc) is 2.30. The van der Waals surface area contributed by atoms with Crippen LogP contribution in [0.1, 0.15) is 12.8 Å². The van der Waals surface area contributed by atoms with Gasteiger partial charge in [0.2, 0.25) is 0 Å². The molecule has 0 radical (unpaired) electrons. The van der Waals surface area contributed by atoms with Crippen molar-refractivity contribution in [3.63, 3.8) is 0 Å². The number of aromatic nitrogens is 1. The first-order valence-corrected chi connectivity index (χ1v) is 5.78. The third kappa shape index (κ3) is 2.92. The van der Waals surface area contributed by atoms with Gasteiger partial charge in [-0.15, -0.1) is 0 Å². The third-order valence-electron chi connectivity index (χ3n) is 3.15. The van der Waals surface area contributed by atoms with Crippen LogP contribution in [0.4, 0.5) is 10.2 Å². The summed E-state index contributed by atoms with van der Waals surface area (Å²) in [7, 11) is 2.14. The van der Waals surface area contributed by atoms with Crippen LogP contribution >= 0.6 is 0 Å². The molecule has 16 heavy (non-hydrogen) atoms. The molecular formula is C12H18FN3. The highest BCUT2D eigenvalue weighted by Gasteiger charge is 2.16. The van der Waals surface area contributed by atoms with Crippen LogP contribution in [0.2, 0.25) is 0 Å². The van der Waals surface area contributed by atoms with Crippen molar-refractivity contribution in [1.29, 1.82) is 0 Å². The molecule has 0 bridgehead atoms. The Bertz CT molecular complexity index is 335. The molecule has 0 saturated carbocycles. The Balaban J connectivity index is 1.81. The van der Waals surface area contributed by atoms with Crippen LogP contribution in [-0.2, 0) is 0 Å². The quantitative estimate of drug-likeness (QED) is 0.849. The minimum atomic E-state index is -0.268. The van der Waals surface area contributed by atoms with E-state index in [-0.39, 0.29) is 5.82 Å². The summed E-state index contributed by atoms with van der Waals surface area (Å²) in [6, 6.07) is 3.04. The molecule has 2 rings (SSSR count). The topological polar surface area (TPSA) is 28.2 Å². The summed E-state index contributed by atoms with van der Waals surface area (Å²) < 4.78 is 13.3. The van der Waals surface area contributed by atoms with Crippen molar-refractivity contribution in [2.75, 3.05) is 32.0 Å². The van der Waals surface area contributed by atoms with Crippen LogP contribution < -0.4 is 5.32 Å². The van der Waals surface area contributed by atoms with Gasteiger partial charge in [-0.2, -0.15) is 0 Å². The molecule has 1 aromatic heterocycles. The Labute approximate surface area is 95.7 Å². The molecule has 2 heterocycles. The molecule has 1 aromatic rings. The van der Waals surface area contributed by atoms with Crippen molar-refractivity contribution in [2.45, 2.75) is 12.8 Å². The Morgan fingerprint density at radius 1 is 1.50 bits per heavy atom. The Morgan fingerprint density at radius 3 is 2.94 bits per heavy atom. The highest BCUT2D eigenvalue weighted by molar-refractivity contribution is 5.35. The van der Waals surface area contributed by atoms with Crippen LogP contribution in [0.3, 0.4) is 0 Å². The summed E-state index contributed by atoms with van der Waals surface area (Å²) in [6.07, 6.45) is 3.97. The molecule has 3 nitrogen and oxygen atoms in total. The fourth-order valence-electron chi connectivity index (χ4n) is 2.02. The standard InChI is InChI=1S/C12H18FN3/c1-16-7-4-10(5-8-16)9-15-12-11(13)3-2-6-14-12/h2-3,6,10H,4-5,7-9H2,1H3,(H,14,15). The van der Waals surface area contributed by atoms with Crippen LogP contribution in [-0.4, -0.2) is 36.6 Å². The van der Waals surface area contributed by atoms with Crippen molar-refractivity contribution in [3.05, 3.63) is 24.1 Å². The van der Waals surface area contributed by atoms with Crippen LogP contribution in [0.25, 0.3) is 0 Å². The largest absolute Gasteiger partial charge is 0.367 e. The number of nitrogens with one attached hydrogen (secondary N) is 1. The zero-order valence-electron chi connectivity index (χ0n) is 9.62. The normalized spacial score (nSPS) is 18.6. The van der Waals surface area contributed by atoms with Gasteiger partial charge >= 0.3 is 0 Å². The monoisotopic (exact) mass is 223 g/mol. The molecule has 1 fully saturated rings. The first kappa shape index (κ1) is 11.3. The molecule has 0 aromatic carbocycles. The lowest BCUT2D eigenvalue weighted by Gasteiger charge is -2.29. The van der Waals surface area contributed by atoms with E-state index in [1.165, 1.54) is 18.9 Å². The maximum atomic E-state index is 13.3. The second-order valence-corrected chi connectivity index (χ2v) is 4.46. The van der Waals surface area contributed by atoms with Crippen molar-refractivity contribution in [1.82, 2.24) is 9.88 Å². The number of rotatable bonds is 3. The Morgan fingerprint density at radius 2 is 2.25 bits per heavy atom. The number of likely N-dealkylation sites (tertiary alicyclic amines) is 1. The number of halogens is 1. The molecule has 1 aliphatic rings. The fraction of sp³-hybridized carbons (Fsp3) is 0.583. The van der Waals surface area contributed by atoms with Gasteiger partial charge in [-0.05, 0) is 51.0 Å². The fourth-order valence-corrected chi connectivity index (χ4v) is 2.02. The summed E-state index contributed by atoms with van der Waals surface area (Å²) in [4.78, 5) is 6.31. The van der Waals surface area contributed by atoms with Crippen molar-refractivity contribution < 1.29 is 4.39 Å². The summed E-state index contributed by atoms with van der Waals surface area (Å²) in [6.45, 7) is 3.09. The van der Waals surface area contributed by atoms with E-state index in [9.17, 15) is 4.39 Å². The van der Waals surface area contributed by atoms with E-state index in [1.54, 1.807) is 12.3 Å². The van der Waals surface area contributed by atoms with Gasteiger partial charge in [-0.25, -0.2) is 9.37 Å². The average molecular weight is 223 g/mol. The van der Waals surface area contributed by atoms with E-state index in [1.807, 2.05) is 0 Å². The van der Waals surface area contributed by atoms with E-state index in [0.29, 0.717) is 11.7 Å². The lowest BCUT2D eigenvalue weighted by atomic mass is 9.97. The van der Waals surface area contributed by atoms with Gasteiger partial charge in [0, 0.05) is 12.7 Å². The molecule has 0 amide bonds. The van der Waals surface area contributed by atoms with Crippen LogP contribution in [0.5, 0.6) is 0 Å². The number of piperidine rings is 1. The van der Waals surface area contributed by atoms with Gasteiger partial charge < -0.3 is 10.2 Å². The van der Waals surface area contributed by atoms with Gasteiger partial charge in [-0.3, -0.25) is 0 Å². The molecule has 4 heteroatoms. The molecule has 1 saturated heterocycles. The first-order chi connectivity index (χ1) is 7.75. The summed E-state index contributed by atoms with van der Waals surface area (Å²) >= 11 is 0. The Hall–Kier alpha value is -1.16. The smallest absolute Gasteiger partial charge is 0.165 e. The van der Waals surface area contributed by atoms with Crippen molar-refractivity contribution >= 4 is 5.82 Å². The molecule has 88 valence electrons. The molecule has 0 aliphatic carbocycles. The predicted molar refractivity (Wildman–Crippen MR) is 62.9 cm³/mol. The maximum absolute atomic E-state index is 13.3. The zero-order chi connectivity index (χ0) is 11.4. The van der Waals surface area contributed by atoms with Crippen LogP contribution in [0, 0.1) is 11.7 Å². The lowest BCUT2D eigenvalue weighted by Crippen LogP contribution is -2.33. The first-order valence-electron chi connectivity index (χ1n) is 5.78. The molecule has 1 N–H and O–H groups in total. The number of hydrogen-bond donors (Lipinski definition) is 1. The van der Waals surface area contributed by atoms with Gasteiger partial charge in [0.05, 0.1) is 0 Å². The van der Waals surface area contributed by atoms with E-state index >= 15 is 0 Å². The van der Waals surface area contributed by atoms with Crippen molar-refractivity contribution in [3.8, 4) is 0 Å². The number of pyridine rings is 1. The van der Waals surface area contributed by atoms with Gasteiger partial charge in [0.1, 0.15) is 0 Å². The highest BCUT2D eigenvalue weighted by Crippen LogP contribution is 2.17. The van der Waals surface area contributed by atoms with Gasteiger partial charge in [0.15, 0.2) is 11.6 Å². The maximum Gasteiger partial charge on any atom is 0.165 e. The highest BCUT2D eigenvalue weighted by atomic mass is 19.1. The second-order valence-electron chi connectivity index (χ2n) is 4.46. The molecule has 1 aliphatic heterocycles. The third-order valence-corrected chi connectivity index (χ3v) is 3.15. The van der Waals surface area contributed by atoms with E-state index < -0.39 is 0 Å². The predicted octanol–water partition coefficient (Wildman–Crippen LogP) is 1.97. The van der Waals surface area contributed by atoms with E-state index in [2.05, 4.69) is 22.2 Å². The van der Waals surface area contributed by atoms with Gasteiger partial charge in [0.25, 0.3) is 0 Å². The SMILES string of the molecule is CN1CCC(CNc2ncccc2F)CC1. The number of anilines is 1. The number of hydrogen-bond acceptors (Lipinski definition) is 3. The van der Waals surface area contributed by atoms with Gasteiger partial charge in [-0.1, -0.05) is 0 Å². The van der Waals surface area contributed by atoms with E-state index in [4.69, 9.17) is 0 Å². The van der Waals surface area contributed by atoms with Crippen LogP contribution in [0.15, 0.2) is 18.3 Å². The molecule has 0 atom stereocenters. The molecular weight excluding hydrogens is 205 g/mol. The summed E-state index contributed by atoms with van der Waals surface area (Å²) in [5.74, 6) is 0.745. The lowest BCUT2D eigenvalue weighted by molar-refractivity contribution is 0.226. The number of nitrogens with zero attached hydrogens (tertiary/aromatic N) is 2. The second kappa shape index (κ2) is 5.25.